The van der Waals surface area contributed by atoms with Gasteiger partial charge in [-0.25, -0.2) is 0 Å². The maximum absolute atomic E-state index is 13.3. The van der Waals surface area contributed by atoms with Gasteiger partial charge in [-0.1, -0.05) is 36.4 Å². The van der Waals surface area contributed by atoms with E-state index in [0.717, 1.165) is 59.0 Å². The Bertz CT molecular complexity index is 1290. The van der Waals surface area contributed by atoms with E-state index >= 15 is 0 Å². The number of pyridine rings is 1. The first-order valence-electron chi connectivity index (χ1n) is 12.3. The first kappa shape index (κ1) is 23.1. The summed E-state index contributed by atoms with van der Waals surface area (Å²) in [4.78, 5) is 18.0. The Labute approximate surface area is 205 Å². The van der Waals surface area contributed by atoms with Gasteiger partial charge in [0.2, 0.25) is 5.91 Å². The summed E-state index contributed by atoms with van der Waals surface area (Å²) in [6, 6.07) is 20.1. The van der Waals surface area contributed by atoms with Crippen LogP contribution in [0.1, 0.15) is 43.0 Å². The molecule has 5 rings (SSSR count). The summed E-state index contributed by atoms with van der Waals surface area (Å²) in [7, 11) is 0. The Balaban J connectivity index is 1.41. The average molecular weight is 469 g/mol. The number of carbonyl (C=O) groups is 1. The molecule has 1 amide bonds. The number of hydrogen-bond acceptors (Lipinski definition) is 5. The van der Waals surface area contributed by atoms with Gasteiger partial charge in [0.25, 0.3) is 0 Å². The fraction of sp³-hybridized carbons (Fsp3) is 0.321. The number of H-pyrrole nitrogens is 1. The first-order valence-corrected chi connectivity index (χ1v) is 12.3. The second-order valence-electron chi connectivity index (χ2n) is 9.54. The number of benzene rings is 2. The highest BCUT2D eigenvalue weighted by atomic mass is 16.1. The van der Waals surface area contributed by atoms with Gasteiger partial charge in [0, 0.05) is 17.5 Å². The van der Waals surface area contributed by atoms with Crippen LogP contribution in [-0.4, -0.2) is 27.6 Å². The molecule has 0 bridgehead atoms. The van der Waals surface area contributed by atoms with Crippen molar-refractivity contribution in [3.63, 3.8) is 0 Å². The molecule has 0 radical (unpaired) electrons. The third kappa shape index (κ3) is 5.20. The second kappa shape index (κ2) is 10.3. The Morgan fingerprint density at radius 2 is 1.80 bits per heavy atom. The normalized spacial score (nSPS) is 18.9. The summed E-state index contributed by atoms with van der Waals surface area (Å²) < 4.78 is 0. The van der Waals surface area contributed by atoms with Crippen LogP contribution in [0.2, 0.25) is 0 Å². The minimum Gasteiger partial charge on any atom is -0.382 e. The molecule has 7 heteroatoms. The van der Waals surface area contributed by atoms with E-state index < -0.39 is 0 Å². The zero-order valence-electron chi connectivity index (χ0n) is 19.8. The van der Waals surface area contributed by atoms with Crippen molar-refractivity contribution >= 4 is 22.6 Å². The summed E-state index contributed by atoms with van der Waals surface area (Å²) in [6.07, 6.45) is 6.32. The lowest BCUT2D eigenvalue weighted by atomic mass is 9.81. The molecule has 1 aliphatic rings. The highest BCUT2D eigenvalue weighted by molar-refractivity contribution is 5.91. The predicted molar refractivity (Wildman–Crippen MR) is 139 cm³/mol. The van der Waals surface area contributed by atoms with Gasteiger partial charge in [-0.05, 0) is 85.5 Å². The minimum atomic E-state index is -0.219. The highest BCUT2D eigenvalue weighted by Gasteiger charge is 2.28. The van der Waals surface area contributed by atoms with Gasteiger partial charge in [0.15, 0.2) is 5.82 Å². The van der Waals surface area contributed by atoms with E-state index in [1.807, 2.05) is 48.7 Å². The maximum atomic E-state index is 13.3. The maximum Gasteiger partial charge on any atom is 0.223 e. The van der Waals surface area contributed by atoms with E-state index in [4.69, 9.17) is 11.5 Å². The van der Waals surface area contributed by atoms with Gasteiger partial charge in [-0.15, -0.1) is 0 Å². The third-order valence-corrected chi connectivity index (χ3v) is 7.21. The zero-order chi connectivity index (χ0) is 24.2. The van der Waals surface area contributed by atoms with E-state index in [-0.39, 0.29) is 17.9 Å². The van der Waals surface area contributed by atoms with Crippen LogP contribution in [0.4, 0.5) is 5.82 Å². The van der Waals surface area contributed by atoms with Crippen molar-refractivity contribution in [2.75, 3.05) is 12.3 Å². The van der Waals surface area contributed by atoms with Crippen LogP contribution >= 0.6 is 0 Å². The fourth-order valence-corrected chi connectivity index (χ4v) is 5.07. The first-order chi connectivity index (χ1) is 17.1. The zero-order valence-corrected chi connectivity index (χ0v) is 19.8. The molecule has 1 unspecified atom stereocenters. The molecule has 0 spiro atoms. The SMILES string of the molecule is NC[C@H]1CC[C@H](C(=O)NC(Cc2ccccc2)c2cc(-c3ccc4c(N)n[nH]c4c3)ccn2)CC1. The average Bonchev–Trinajstić information content (AvgIpc) is 3.29. The Morgan fingerprint density at radius 3 is 2.57 bits per heavy atom. The van der Waals surface area contributed by atoms with Crippen molar-refractivity contribution in [2.45, 2.75) is 38.1 Å². The number of anilines is 1. The third-order valence-electron chi connectivity index (χ3n) is 7.21. The van der Waals surface area contributed by atoms with E-state index in [2.05, 4.69) is 38.7 Å². The predicted octanol–water partition coefficient (Wildman–Crippen LogP) is 4.37. The topological polar surface area (TPSA) is 123 Å². The quantitative estimate of drug-likeness (QED) is 0.321. The van der Waals surface area contributed by atoms with Crippen LogP contribution in [0, 0.1) is 11.8 Å². The van der Waals surface area contributed by atoms with Gasteiger partial charge >= 0.3 is 0 Å². The number of carbonyl (C=O) groups excluding carboxylic acids is 1. The molecule has 1 saturated carbocycles. The number of nitrogens with two attached hydrogens (primary N) is 2. The summed E-state index contributed by atoms with van der Waals surface area (Å²) >= 11 is 0. The molecular formula is C28H32N6O. The lowest BCUT2D eigenvalue weighted by Gasteiger charge is -2.28. The number of nitrogens with zero attached hydrogens (tertiary/aromatic N) is 2. The largest absolute Gasteiger partial charge is 0.382 e. The van der Waals surface area contributed by atoms with Gasteiger partial charge in [0.1, 0.15) is 0 Å². The van der Waals surface area contributed by atoms with Crippen molar-refractivity contribution in [2.24, 2.45) is 17.6 Å². The number of rotatable bonds is 7. The van der Waals surface area contributed by atoms with E-state index in [1.165, 1.54) is 0 Å². The lowest BCUT2D eigenvalue weighted by Crippen LogP contribution is -2.37. The van der Waals surface area contributed by atoms with Crippen LogP contribution in [0.3, 0.4) is 0 Å². The highest BCUT2D eigenvalue weighted by Crippen LogP contribution is 2.30. The fourth-order valence-electron chi connectivity index (χ4n) is 5.07. The molecule has 0 saturated heterocycles. The monoisotopic (exact) mass is 468 g/mol. The van der Waals surface area contributed by atoms with E-state index in [1.54, 1.807) is 0 Å². The van der Waals surface area contributed by atoms with E-state index in [0.29, 0.717) is 24.7 Å². The molecule has 2 aromatic heterocycles. The summed E-state index contributed by atoms with van der Waals surface area (Å²) in [5, 5.41) is 11.3. The number of aromatic amines is 1. The van der Waals surface area contributed by atoms with Gasteiger partial charge in [-0.3, -0.25) is 14.9 Å². The smallest absolute Gasteiger partial charge is 0.223 e. The molecule has 6 N–H and O–H groups in total. The number of nitrogen functional groups attached to an aromatic ring is 1. The standard InChI is InChI=1S/C28H32N6O/c29-17-19-6-8-20(9-7-19)28(35)32-26(14-18-4-2-1-3-5-18)25-16-22(12-13-31-25)21-10-11-23-24(15-21)33-34-27(23)30/h1-5,10-13,15-16,19-20,26H,6-9,14,17,29H2,(H,32,35)(H3,30,33,34)/t19-,20-,26?. The number of hydrogen-bond donors (Lipinski definition) is 4. The van der Waals surface area contributed by atoms with Crippen molar-refractivity contribution < 1.29 is 4.79 Å². The molecule has 0 aliphatic heterocycles. The minimum absolute atomic E-state index is 0.0347. The molecule has 2 heterocycles. The second-order valence-corrected chi connectivity index (χ2v) is 9.54. The molecule has 35 heavy (non-hydrogen) atoms. The van der Waals surface area contributed by atoms with Crippen LogP contribution in [0.15, 0.2) is 66.9 Å². The van der Waals surface area contributed by atoms with Crippen LogP contribution in [-0.2, 0) is 11.2 Å². The molecule has 4 aromatic rings. The van der Waals surface area contributed by atoms with Crippen molar-refractivity contribution in [1.82, 2.24) is 20.5 Å². The number of nitrogens with one attached hydrogen (secondary N) is 2. The summed E-state index contributed by atoms with van der Waals surface area (Å²) in [5.41, 5.74) is 16.7. The van der Waals surface area contributed by atoms with E-state index in [9.17, 15) is 4.79 Å². The number of aromatic nitrogens is 3. The van der Waals surface area contributed by atoms with Crippen molar-refractivity contribution in [1.29, 1.82) is 0 Å². The van der Waals surface area contributed by atoms with Gasteiger partial charge in [0.05, 0.1) is 17.3 Å². The summed E-state index contributed by atoms with van der Waals surface area (Å²) in [5.74, 6) is 1.18. The molecule has 1 fully saturated rings. The molecular weight excluding hydrogens is 436 g/mol. The Kier molecular flexibility index (Phi) is 6.77. The van der Waals surface area contributed by atoms with Gasteiger partial charge in [-0.2, -0.15) is 5.10 Å². The van der Waals surface area contributed by atoms with Crippen LogP contribution in [0.5, 0.6) is 0 Å². The molecule has 7 nitrogen and oxygen atoms in total. The lowest BCUT2D eigenvalue weighted by molar-refractivity contribution is -0.127. The molecule has 1 atom stereocenters. The Hall–Kier alpha value is -3.71. The van der Waals surface area contributed by atoms with Crippen molar-refractivity contribution in [3.8, 4) is 11.1 Å². The molecule has 1 aliphatic carbocycles. The molecule has 2 aromatic carbocycles. The summed E-state index contributed by atoms with van der Waals surface area (Å²) in [6.45, 7) is 0.707. The Morgan fingerprint density at radius 1 is 1.03 bits per heavy atom. The number of amides is 1. The van der Waals surface area contributed by atoms with Crippen LogP contribution in [0.25, 0.3) is 22.0 Å². The van der Waals surface area contributed by atoms with Gasteiger partial charge < -0.3 is 16.8 Å². The molecule has 180 valence electrons. The van der Waals surface area contributed by atoms with Crippen molar-refractivity contribution in [3.05, 3.63) is 78.1 Å². The number of fused-ring (bicyclic) bond motifs is 1. The van der Waals surface area contributed by atoms with Crippen LogP contribution < -0.4 is 16.8 Å².